The van der Waals surface area contributed by atoms with Crippen LogP contribution in [0, 0.1) is 34.5 Å². The smallest absolute Gasteiger partial charge is 0.331 e. The zero-order valence-electron chi connectivity index (χ0n) is 25.3. The molecule has 1 aliphatic heterocycles. The van der Waals surface area contributed by atoms with Gasteiger partial charge in [-0.1, -0.05) is 26.8 Å². The summed E-state index contributed by atoms with van der Waals surface area (Å²) in [6.45, 7) is 9.32. The van der Waals surface area contributed by atoms with Crippen LogP contribution in [0.1, 0.15) is 104 Å². The molecule has 228 valence electrons. The molecule has 4 aliphatic carbocycles. The molecule has 0 spiro atoms. The first-order valence-electron chi connectivity index (χ1n) is 16.3. The molecule has 0 aromatic heterocycles. The van der Waals surface area contributed by atoms with Gasteiger partial charge < -0.3 is 19.9 Å². The van der Waals surface area contributed by atoms with Crippen molar-refractivity contribution < 1.29 is 29.0 Å². The summed E-state index contributed by atoms with van der Waals surface area (Å²) < 4.78 is 11.4. The van der Waals surface area contributed by atoms with Crippen LogP contribution in [0.2, 0.25) is 0 Å². The van der Waals surface area contributed by atoms with E-state index in [9.17, 15) is 19.5 Å². The number of unbranched alkanes of at least 4 members (excludes halogenated alkanes) is 2. The van der Waals surface area contributed by atoms with Crippen molar-refractivity contribution in [2.24, 2.45) is 34.5 Å². The second-order valence-electron chi connectivity index (χ2n) is 13.9. The Bertz CT molecular complexity index is 1050. The normalized spacial score (nSPS) is 39.6. The van der Waals surface area contributed by atoms with Crippen LogP contribution in [-0.2, 0) is 23.9 Å². The number of rotatable bonds is 12. The topological polar surface area (TPSA) is 102 Å². The van der Waals surface area contributed by atoms with E-state index in [-0.39, 0.29) is 47.1 Å². The van der Waals surface area contributed by atoms with Crippen LogP contribution >= 0.6 is 0 Å². The Labute approximate surface area is 245 Å². The fourth-order valence-electron chi connectivity index (χ4n) is 10.2. The number of hydrogen-bond donors (Lipinski definition) is 2. The number of carbonyl (C=O) groups excluding carboxylic acids is 3. The molecule has 5 rings (SSSR count). The monoisotopic (exact) mass is 569 g/mol. The molecule has 2 N–H and O–H groups in total. The Hall–Kier alpha value is -1.99. The summed E-state index contributed by atoms with van der Waals surface area (Å²) in [5, 5.41) is 15.5. The summed E-state index contributed by atoms with van der Waals surface area (Å²) in [7, 11) is 0. The summed E-state index contributed by atoms with van der Waals surface area (Å²) >= 11 is 0. The fourth-order valence-corrected chi connectivity index (χ4v) is 10.2. The predicted molar refractivity (Wildman–Crippen MR) is 157 cm³/mol. The molecule has 0 aromatic rings. The third kappa shape index (κ3) is 5.58. The van der Waals surface area contributed by atoms with Gasteiger partial charge in [-0.05, 0) is 118 Å². The van der Waals surface area contributed by atoms with Gasteiger partial charge in [-0.3, -0.25) is 9.59 Å². The van der Waals surface area contributed by atoms with E-state index in [2.05, 4.69) is 25.7 Å². The zero-order chi connectivity index (χ0) is 29.3. The van der Waals surface area contributed by atoms with Gasteiger partial charge in [0, 0.05) is 24.5 Å². The number of esters is 1. The number of cyclic esters (lactones) is 1. The first-order valence-corrected chi connectivity index (χ1v) is 16.3. The maximum absolute atomic E-state index is 12.6. The minimum Gasteiger partial charge on any atom is -0.458 e. The van der Waals surface area contributed by atoms with Gasteiger partial charge in [0.05, 0.1) is 11.7 Å². The number of aliphatic hydroxyl groups is 1. The largest absolute Gasteiger partial charge is 0.458 e. The molecule has 0 radical (unpaired) electrons. The number of allylic oxidation sites excluding steroid dienone is 1. The molecule has 4 saturated carbocycles. The van der Waals surface area contributed by atoms with E-state index in [0.29, 0.717) is 37.3 Å². The Balaban J connectivity index is 1.13. The summed E-state index contributed by atoms with van der Waals surface area (Å²) in [5.41, 5.74) is 0.459. The first kappa shape index (κ1) is 30.5. The minimum absolute atomic E-state index is 0.0603. The molecule has 1 amide bonds. The van der Waals surface area contributed by atoms with Crippen molar-refractivity contribution in [1.82, 2.24) is 5.32 Å². The van der Waals surface area contributed by atoms with Crippen molar-refractivity contribution in [3.63, 3.8) is 0 Å². The van der Waals surface area contributed by atoms with Crippen molar-refractivity contribution in [3.05, 3.63) is 24.3 Å². The number of nitrogens with one attached hydrogen (secondary N) is 1. The number of ether oxygens (including phenoxy) is 2. The van der Waals surface area contributed by atoms with E-state index in [0.717, 1.165) is 89.0 Å². The number of carbonyl (C=O) groups is 3. The van der Waals surface area contributed by atoms with Gasteiger partial charge in [-0.2, -0.15) is 0 Å². The van der Waals surface area contributed by atoms with Gasteiger partial charge in [-0.25, -0.2) is 4.79 Å². The number of fused-ring (bicyclic) bond motifs is 5. The Kier molecular flexibility index (Phi) is 9.15. The third-order valence-electron chi connectivity index (χ3n) is 12.4. The molecule has 7 heteroatoms. The summed E-state index contributed by atoms with van der Waals surface area (Å²) in [6.07, 6.45) is 16.4. The maximum atomic E-state index is 12.6. The molecule has 0 bridgehead atoms. The van der Waals surface area contributed by atoms with Gasteiger partial charge in [0.1, 0.15) is 13.2 Å². The van der Waals surface area contributed by atoms with Crippen LogP contribution in [0.25, 0.3) is 0 Å². The minimum atomic E-state index is -0.678. The van der Waals surface area contributed by atoms with Crippen molar-refractivity contribution in [2.75, 3.05) is 19.8 Å². The van der Waals surface area contributed by atoms with Gasteiger partial charge >= 0.3 is 5.97 Å². The standard InChI is InChI=1S/C34H51NO6/c1-4-25(36)9-7-6-8-18-35-30(37)22-40-26-12-15-32(3)24(20-26)10-11-29-28(32)13-16-33(5-2)27(14-17-34(29,33)39)23-19-31(38)41-21-23/h4,19,24,26-29,39H,1,5-18,20-22H2,2-3H3,(H,35,37)/t24-,26+,27-,28+,29-,32+,33-,34+/m1/s1. The highest BCUT2D eigenvalue weighted by molar-refractivity contribution is 5.88. The molecule has 0 unspecified atom stereocenters. The number of ketones is 1. The summed E-state index contributed by atoms with van der Waals surface area (Å²) in [4.78, 5) is 35.6. The Morgan fingerprint density at radius 3 is 2.68 bits per heavy atom. The van der Waals surface area contributed by atoms with Crippen LogP contribution in [0.4, 0.5) is 0 Å². The number of hydrogen-bond acceptors (Lipinski definition) is 6. The van der Waals surface area contributed by atoms with Crippen LogP contribution in [0.3, 0.4) is 0 Å². The van der Waals surface area contributed by atoms with Gasteiger partial charge in [0.25, 0.3) is 0 Å². The van der Waals surface area contributed by atoms with E-state index < -0.39 is 5.60 Å². The fraction of sp³-hybridized carbons (Fsp3) is 0.794. The molecular weight excluding hydrogens is 518 g/mol. The zero-order valence-corrected chi connectivity index (χ0v) is 25.3. The number of amides is 1. The average Bonchev–Trinajstić information content (AvgIpc) is 3.53. The molecule has 5 aliphatic rings. The van der Waals surface area contributed by atoms with Gasteiger partial charge in [0.15, 0.2) is 5.78 Å². The molecule has 0 saturated heterocycles. The van der Waals surface area contributed by atoms with Crippen molar-refractivity contribution in [3.8, 4) is 0 Å². The van der Waals surface area contributed by atoms with Crippen LogP contribution in [0.15, 0.2) is 24.3 Å². The highest BCUT2D eigenvalue weighted by atomic mass is 16.5. The van der Waals surface area contributed by atoms with E-state index in [1.54, 1.807) is 6.08 Å². The van der Waals surface area contributed by atoms with E-state index in [1.165, 1.54) is 6.08 Å². The Morgan fingerprint density at radius 1 is 1.12 bits per heavy atom. The molecule has 41 heavy (non-hydrogen) atoms. The average molecular weight is 570 g/mol. The lowest BCUT2D eigenvalue weighted by molar-refractivity contribution is -0.215. The molecule has 7 nitrogen and oxygen atoms in total. The van der Waals surface area contributed by atoms with Crippen molar-refractivity contribution in [1.29, 1.82) is 0 Å². The van der Waals surface area contributed by atoms with Crippen molar-refractivity contribution in [2.45, 2.75) is 115 Å². The predicted octanol–water partition coefficient (Wildman–Crippen LogP) is 5.45. The maximum Gasteiger partial charge on any atom is 0.331 e. The second kappa shape index (κ2) is 12.3. The quantitative estimate of drug-likeness (QED) is 0.184. The van der Waals surface area contributed by atoms with E-state index in [1.807, 2.05) is 0 Å². The van der Waals surface area contributed by atoms with E-state index >= 15 is 0 Å². The highest BCUT2D eigenvalue weighted by Crippen LogP contribution is 2.71. The van der Waals surface area contributed by atoms with Crippen molar-refractivity contribution >= 4 is 17.7 Å². The molecule has 8 atom stereocenters. The SMILES string of the molecule is C=CC(=O)CCCCCNC(=O)CO[C@H]1CC[C@@]2(C)[C@H](CC[C@@H]3[C@@H]2CC[C@]2(CC)[C@@H](C4=CC(=O)OC4)CC[C@]32O)C1. The lowest BCUT2D eigenvalue weighted by atomic mass is 9.42. The first-order chi connectivity index (χ1) is 19.7. The third-order valence-corrected chi connectivity index (χ3v) is 12.4. The van der Waals surface area contributed by atoms with Gasteiger partial charge in [-0.15, -0.1) is 0 Å². The lowest BCUT2D eigenvalue weighted by Crippen LogP contribution is -2.63. The van der Waals surface area contributed by atoms with Gasteiger partial charge in [0.2, 0.25) is 5.91 Å². The van der Waals surface area contributed by atoms with Crippen LogP contribution in [-0.4, -0.2) is 54.2 Å². The second-order valence-corrected chi connectivity index (χ2v) is 13.9. The Morgan fingerprint density at radius 2 is 1.95 bits per heavy atom. The molecular formula is C34H51NO6. The van der Waals surface area contributed by atoms with E-state index in [4.69, 9.17) is 9.47 Å². The molecule has 1 heterocycles. The lowest BCUT2D eigenvalue weighted by Gasteiger charge is -2.64. The summed E-state index contributed by atoms with van der Waals surface area (Å²) in [5.74, 6) is 1.40. The molecule has 0 aromatic carbocycles. The van der Waals surface area contributed by atoms with Crippen LogP contribution < -0.4 is 5.32 Å². The summed E-state index contributed by atoms with van der Waals surface area (Å²) in [6, 6.07) is 0. The molecule has 4 fully saturated rings. The van der Waals surface area contributed by atoms with Crippen LogP contribution in [0.5, 0.6) is 0 Å². The highest BCUT2D eigenvalue weighted by Gasteiger charge is 2.68.